The van der Waals surface area contributed by atoms with Gasteiger partial charge in [-0.25, -0.2) is 0 Å². The van der Waals surface area contributed by atoms with Gasteiger partial charge in [0, 0.05) is 50.9 Å². The van der Waals surface area contributed by atoms with Crippen LogP contribution in [0.3, 0.4) is 0 Å². The van der Waals surface area contributed by atoms with Crippen LogP contribution in [0.1, 0.15) is 18.2 Å². The molecule has 1 fully saturated rings. The molecule has 8 heteroatoms. The predicted octanol–water partition coefficient (Wildman–Crippen LogP) is 1.98. The Morgan fingerprint density at radius 2 is 2.03 bits per heavy atom. The van der Waals surface area contributed by atoms with E-state index in [4.69, 9.17) is 19.0 Å². The summed E-state index contributed by atoms with van der Waals surface area (Å²) in [6.45, 7) is 9.30. The minimum atomic E-state index is 0.525. The van der Waals surface area contributed by atoms with Crippen molar-refractivity contribution in [2.24, 2.45) is 4.99 Å². The van der Waals surface area contributed by atoms with Crippen molar-refractivity contribution in [1.29, 1.82) is 0 Å². The van der Waals surface area contributed by atoms with Gasteiger partial charge < -0.3 is 24.2 Å². The van der Waals surface area contributed by atoms with E-state index in [9.17, 15) is 0 Å². The Morgan fingerprint density at radius 3 is 2.76 bits per heavy atom. The van der Waals surface area contributed by atoms with Crippen molar-refractivity contribution in [3.63, 3.8) is 0 Å². The largest absolute Gasteiger partial charge is 0.496 e. The molecule has 1 aromatic carbocycles. The van der Waals surface area contributed by atoms with Gasteiger partial charge in [-0.1, -0.05) is 23.4 Å². The molecule has 2 aromatic rings. The van der Waals surface area contributed by atoms with E-state index in [0.29, 0.717) is 19.8 Å². The summed E-state index contributed by atoms with van der Waals surface area (Å²) in [5, 5.41) is 7.39. The average Bonchev–Trinajstić information content (AvgIpc) is 3.27. The lowest BCUT2D eigenvalue weighted by Crippen LogP contribution is -2.52. The van der Waals surface area contributed by atoms with Crippen LogP contribution < -0.4 is 10.1 Å². The first-order valence-corrected chi connectivity index (χ1v) is 10.1. The van der Waals surface area contributed by atoms with Gasteiger partial charge in [-0.3, -0.25) is 9.89 Å². The number of piperazine rings is 1. The molecule has 3 rings (SSSR count). The fourth-order valence-corrected chi connectivity index (χ4v) is 3.31. The molecule has 1 aliphatic heterocycles. The van der Waals surface area contributed by atoms with Crippen LogP contribution in [0.15, 0.2) is 46.1 Å². The van der Waals surface area contributed by atoms with Crippen molar-refractivity contribution >= 4 is 5.96 Å². The lowest BCUT2D eigenvalue weighted by Gasteiger charge is -2.36. The molecule has 1 aromatic heterocycles. The highest BCUT2D eigenvalue weighted by molar-refractivity contribution is 5.80. The summed E-state index contributed by atoms with van der Waals surface area (Å²) in [5.41, 5.74) is 2.03. The summed E-state index contributed by atoms with van der Waals surface area (Å²) in [4.78, 5) is 9.43. The molecule has 29 heavy (non-hydrogen) atoms. The summed E-state index contributed by atoms with van der Waals surface area (Å²) >= 11 is 0. The van der Waals surface area contributed by atoms with E-state index in [2.05, 4.69) is 27.2 Å². The molecule has 1 N–H and O–H groups in total. The zero-order valence-corrected chi connectivity index (χ0v) is 17.3. The zero-order chi connectivity index (χ0) is 20.3. The Hall–Kier alpha value is -2.58. The predicted molar refractivity (Wildman–Crippen MR) is 112 cm³/mol. The number of hydrogen-bond acceptors (Lipinski definition) is 6. The van der Waals surface area contributed by atoms with Crippen molar-refractivity contribution in [2.75, 3.05) is 53.0 Å². The van der Waals surface area contributed by atoms with Gasteiger partial charge in [0.25, 0.3) is 0 Å². The topological polar surface area (TPSA) is 75.4 Å². The van der Waals surface area contributed by atoms with Gasteiger partial charge in [0.2, 0.25) is 0 Å². The average molecular weight is 402 g/mol. The van der Waals surface area contributed by atoms with Crippen LogP contribution in [0.4, 0.5) is 0 Å². The minimum absolute atomic E-state index is 0.525. The second-order valence-corrected chi connectivity index (χ2v) is 6.85. The number of nitrogens with one attached hydrogen (secondary N) is 1. The molecule has 8 nitrogen and oxygen atoms in total. The van der Waals surface area contributed by atoms with Gasteiger partial charge in [-0.15, -0.1) is 0 Å². The highest BCUT2D eigenvalue weighted by Crippen LogP contribution is 2.17. The smallest absolute Gasteiger partial charge is 0.194 e. The molecular formula is C21H31N5O3. The third-order valence-electron chi connectivity index (χ3n) is 4.83. The van der Waals surface area contributed by atoms with Crippen LogP contribution in [0.25, 0.3) is 0 Å². The van der Waals surface area contributed by atoms with Gasteiger partial charge in [0.1, 0.15) is 12.0 Å². The molecule has 1 saturated heterocycles. The number of aromatic nitrogens is 1. The summed E-state index contributed by atoms with van der Waals surface area (Å²) in [5.74, 6) is 1.81. The molecule has 2 heterocycles. The van der Waals surface area contributed by atoms with Crippen molar-refractivity contribution in [2.45, 2.75) is 20.1 Å². The fraction of sp³-hybridized carbons (Fsp3) is 0.524. The number of aliphatic imine (C=N–C) groups is 1. The highest BCUT2D eigenvalue weighted by Gasteiger charge is 2.20. The molecule has 158 valence electrons. The molecule has 0 unspecified atom stereocenters. The van der Waals surface area contributed by atoms with Gasteiger partial charge in [0.05, 0.1) is 32.6 Å². The van der Waals surface area contributed by atoms with Crippen LogP contribution in [0.5, 0.6) is 5.75 Å². The minimum Gasteiger partial charge on any atom is -0.496 e. The second-order valence-electron chi connectivity index (χ2n) is 6.85. The number of nitrogens with zero attached hydrogens (tertiary/aromatic N) is 4. The first-order valence-electron chi connectivity index (χ1n) is 10.1. The van der Waals surface area contributed by atoms with Gasteiger partial charge >= 0.3 is 0 Å². The van der Waals surface area contributed by atoms with Crippen LogP contribution in [-0.4, -0.2) is 73.9 Å². The van der Waals surface area contributed by atoms with Gasteiger partial charge in [-0.05, 0) is 13.0 Å². The van der Waals surface area contributed by atoms with Crippen LogP contribution >= 0.6 is 0 Å². The summed E-state index contributed by atoms with van der Waals surface area (Å²) in [6, 6.07) is 9.84. The molecular weight excluding hydrogens is 370 g/mol. The Kier molecular flexibility index (Phi) is 8.33. The first kappa shape index (κ1) is 21.1. The van der Waals surface area contributed by atoms with E-state index in [-0.39, 0.29) is 0 Å². The number of para-hydroxylation sites is 1. The summed E-state index contributed by atoms with van der Waals surface area (Å²) < 4.78 is 16.1. The molecule has 0 atom stereocenters. The number of guanidine groups is 1. The quantitative estimate of drug-likeness (QED) is 0.391. The maximum atomic E-state index is 5.80. The molecule has 0 aliphatic carbocycles. The van der Waals surface area contributed by atoms with Crippen LogP contribution in [0.2, 0.25) is 0 Å². The van der Waals surface area contributed by atoms with Gasteiger partial charge in [0.15, 0.2) is 5.96 Å². The Balaban J connectivity index is 1.42. The Labute approximate surface area is 172 Å². The molecule has 0 saturated carbocycles. The SMILES string of the molecule is CCNC(=NCCOCc1ccccc1OC)N1CCN(Cc2ccon2)CC1. The van der Waals surface area contributed by atoms with E-state index >= 15 is 0 Å². The maximum Gasteiger partial charge on any atom is 0.194 e. The van der Waals surface area contributed by atoms with Crippen molar-refractivity contribution in [1.82, 2.24) is 20.3 Å². The Bertz CT molecular complexity index is 743. The monoisotopic (exact) mass is 401 g/mol. The number of methoxy groups -OCH3 is 1. The lowest BCUT2D eigenvalue weighted by molar-refractivity contribution is 0.125. The molecule has 0 radical (unpaired) electrons. The molecule has 1 aliphatic rings. The summed E-state index contributed by atoms with van der Waals surface area (Å²) in [7, 11) is 1.68. The number of benzene rings is 1. The van der Waals surface area contributed by atoms with Crippen molar-refractivity contribution in [3.05, 3.63) is 47.9 Å². The molecule has 0 spiro atoms. The standard InChI is InChI=1S/C21H31N5O3/c1-3-22-21(23-9-15-28-17-18-6-4-5-7-20(18)27-2)26-12-10-25(11-13-26)16-19-8-14-29-24-19/h4-8,14H,3,9-13,15-17H2,1-2H3,(H,22,23). The normalized spacial score (nSPS) is 15.5. The molecule has 0 bridgehead atoms. The number of rotatable bonds is 9. The van der Waals surface area contributed by atoms with E-state index in [0.717, 1.165) is 62.2 Å². The van der Waals surface area contributed by atoms with E-state index in [1.165, 1.54) is 0 Å². The highest BCUT2D eigenvalue weighted by atomic mass is 16.5. The number of hydrogen-bond donors (Lipinski definition) is 1. The fourth-order valence-electron chi connectivity index (χ4n) is 3.31. The first-order chi connectivity index (χ1) is 14.3. The summed E-state index contributed by atoms with van der Waals surface area (Å²) in [6.07, 6.45) is 1.62. The third kappa shape index (κ3) is 6.47. The van der Waals surface area contributed by atoms with Crippen LogP contribution in [-0.2, 0) is 17.9 Å². The van der Waals surface area contributed by atoms with Gasteiger partial charge in [-0.2, -0.15) is 0 Å². The van der Waals surface area contributed by atoms with E-state index < -0.39 is 0 Å². The second kappa shape index (κ2) is 11.4. The lowest BCUT2D eigenvalue weighted by atomic mass is 10.2. The van der Waals surface area contributed by atoms with Crippen molar-refractivity contribution < 1.29 is 14.0 Å². The van der Waals surface area contributed by atoms with Crippen LogP contribution in [0, 0.1) is 0 Å². The van der Waals surface area contributed by atoms with E-state index in [1.54, 1.807) is 13.4 Å². The Morgan fingerprint density at radius 1 is 1.21 bits per heavy atom. The maximum absolute atomic E-state index is 5.80. The van der Waals surface area contributed by atoms with E-state index in [1.807, 2.05) is 30.3 Å². The zero-order valence-electron chi connectivity index (χ0n) is 17.3. The number of ether oxygens (including phenoxy) is 2. The molecule has 0 amide bonds. The third-order valence-corrected chi connectivity index (χ3v) is 4.83. The van der Waals surface area contributed by atoms with Crippen molar-refractivity contribution in [3.8, 4) is 5.75 Å².